The first-order valence-electron chi connectivity index (χ1n) is 6.61. The van der Waals surface area contributed by atoms with Crippen molar-refractivity contribution in [1.29, 1.82) is 0 Å². The molecule has 2 rings (SSSR count). The van der Waals surface area contributed by atoms with E-state index in [0.717, 1.165) is 12.8 Å². The fraction of sp³-hybridized carbons (Fsp3) is 0.571. The average Bonchev–Trinajstić information content (AvgIpc) is 2.39. The van der Waals surface area contributed by atoms with Crippen molar-refractivity contribution in [2.24, 2.45) is 5.92 Å². The second kappa shape index (κ2) is 6.78. The summed E-state index contributed by atoms with van der Waals surface area (Å²) in [7, 11) is -1.65. The van der Waals surface area contributed by atoms with Gasteiger partial charge in [0.05, 0.1) is 18.6 Å². The van der Waals surface area contributed by atoms with E-state index in [1.54, 1.807) is 18.2 Å². The summed E-state index contributed by atoms with van der Waals surface area (Å²) in [5.41, 5.74) is 0.618. The molecule has 0 aromatic heterocycles. The summed E-state index contributed by atoms with van der Waals surface area (Å²) in [5.74, 6) is 0.920. The standard InChI is InChI=1S/C14H19ClO4S/c1-18-14-3-2-13(15)8-12(14)10-20(16,17)9-11-4-6-19-7-5-11/h2-3,8,11H,4-7,9-10H2,1H3. The lowest BCUT2D eigenvalue weighted by molar-refractivity contribution is 0.0723. The third-order valence-corrected chi connectivity index (χ3v) is 5.41. The summed E-state index contributed by atoms with van der Waals surface area (Å²) in [6, 6.07) is 5.04. The van der Waals surface area contributed by atoms with Crippen LogP contribution in [0.25, 0.3) is 0 Å². The van der Waals surface area contributed by atoms with Gasteiger partial charge in [0.15, 0.2) is 9.84 Å². The van der Waals surface area contributed by atoms with E-state index in [-0.39, 0.29) is 17.4 Å². The lowest BCUT2D eigenvalue weighted by atomic mass is 10.0. The monoisotopic (exact) mass is 318 g/mol. The molecule has 1 saturated heterocycles. The van der Waals surface area contributed by atoms with Crippen LogP contribution < -0.4 is 4.74 Å². The molecule has 1 aromatic rings. The number of hydrogen-bond donors (Lipinski definition) is 0. The zero-order valence-corrected chi connectivity index (χ0v) is 13.0. The molecule has 0 unspecified atom stereocenters. The highest BCUT2D eigenvalue weighted by Gasteiger charge is 2.23. The molecule has 0 atom stereocenters. The Morgan fingerprint density at radius 3 is 2.70 bits per heavy atom. The third-order valence-electron chi connectivity index (χ3n) is 3.45. The van der Waals surface area contributed by atoms with Gasteiger partial charge in [0.2, 0.25) is 0 Å². The molecule has 0 bridgehead atoms. The smallest absolute Gasteiger partial charge is 0.154 e. The number of rotatable bonds is 5. The highest BCUT2D eigenvalue weighted by Crippen LogP contribution is 2.26. The molecule has 1 aliphatic heterocycles. The summed E-state index contributed by atoms with van der Waals surface area (Å²) in [4.78, 5) is 0. The second-order valence-corrected chi connectivity index (χ2v) is 7.61. The minimum atomic E-state index is -3.18. The molecule has 6 heteroatoms. The maximum Gasteiger partial charge on any atom is 0.154 e. The van der Waals surface area contributed by atoms with Gasteiger partial charge in [-0.25, -0.2) is 8.42 Å². The van der Waals surface area contributed by atoms with Crippen LogP contribution in [0.1, 0.15) is 18.4 Å². The first-order chi connectivity index (χ1) is 9.50. The second-order valence-electron chi connectivity index (χ2n) is 5.07. The van der Waals surface area contributed by atoms with Crippen molar-refractivity contribution < 1.29 is 17.9 Å². The van der Waals surface area contributed by atoms with Crippen LogP contribution in [0.4, 0.5) is 0 Å². The van der Waals surface area contributed by atoms with Crippen molar-refractivity contribution in [3.63, 3.8) is 0 Å². The minimum Gasteiger partial charge on any atom is -0.496 e. The molecule has 0 amide bonds. The van der Waals surface area contributed by atoms with E-state index in [1.807, 2.05) is 0 Å². The van der Waals surface area contributed by atoms with Crippen LogP contribution in [0, 0.1) is 5.92 Å². The first-order valence-corrected chi connectivity index (χ1v) is 8.81. The molecule has 1 aromatic carbocycles. The van der Waals surface area contributed by atoms with Crippen LogP contribution in [0.2, 0.25) is 5.02 Å². The van der Waals surface area contributed by atoms with E-state index in [0.29, 0.717) is 29.5 Å². The van der Waals surface area contributed by atoms with Crippen LogP contribution in [0.5, 0.6) is 5.75 Å². The van der Waals surface area contributed by atoms with Crippen LogP contribution in [0.3, 0.4) is 0 Å². The van der Waals surface area contributed by atoms with Crippen molar-refractivity contribution in [2.75, 3.05) is 26.1 Å². The number of halogens is 1. The van der Waals surface area contributed by atoms with Crippen molar-refractivity contribution >= 4 is 21.4 Å². The first kappa shape index (κ1) is 15.6. The van der Waals surface area contributed by atoms with Crippen LogP contribution in [-0.4, -0.2) is 34.5 Å². The summed E-state index contributed by atoms with van der Waals surface area (Å²) >= 11 is 5.93. The van der Waals surface area contributed by atoms with Gasteiger partial charge >= 0.3 is 0 Å². The third kappa shape index (κ3) is 4.36. The van der Waals surface area contributed by atoms with Crippen molar-refractivity contribution in [2.45, 2.75) is 18.6 Å². The molecule has 1 fully saturated rings. The van der Waals surface area contributed by atoms with E-state index >= 15 is 0 Å². The Hall–Kier alpha value is -0.780. The zero-order chi connectivity index (χ0) is 14.6. The van der Waals surface area contributed by atoms with Gasteiger partial charge in [-0.3, -0.25) is 0 Å². The summed E-state index contributed by atoms with van der Waals surface area (Å²) < 4.78 is 35.1. The van der Waals surface area contributed by atoms with Gasteiger partial charge in [0.1, 0.15) is 5.75 Å². The van der Waals surface area contributed by atoms with E-state index in [1.165, 1.54) is 7.11 Å². The van der Waals surface area contributed by atoms with Gasteiger partial charge in [-0.05, 0) is 37.0 Å². The molecule has 0 saturated carbocycles. The summed E-state index contributed by atoms with van der Waals surface area (Å²) in [5, 5.41) is 0.516. The largest absolute Gasteiger partial charge is 0.496 e. The number of sulfone groups is 1. The van der Waals surface area contributed by atoms with Crippen LogP contribution in [-0.2, 0) is 20.3 Å². The molecule has 1 heterocycles. The highest BCUT2D eigenvalue weighted by molar-refractivity contribution is 7.90. The van der Waals surface area contributed by atoms with Gasteiger partial charge in [0, 0.05) is 23.8 Å². The maximum absolute atomic E-state index is 12.3. The number of methoxy groups -OCH3 is 1. The Morgan fingerprint density at radius 2 is 2.05 bits per heavy atom. The topological polar surface area (TPSA) is 52.6 Å². The number of ether oxygens (including phenoxy) is 2. The lowest BCUT2D eigenvalue weighted by Gasteiger charge is -2.21. The molecule has 0 radical (unpaired) electrons. The Morgan fingerprint density at radius 1 is 1.35 bits per heavy atom. The lowest BCUT2D eigenvalue weighted by Crippen LogP contribution is -2.24. The molecule has 4 nitrogen and oxygen atoms in total. The molecule has 0 N–H and O–H groups in total. The quantitative estimate of drug-likeness (QED) is 0.837. The normalized spacial score (nSPS) is 17.1. The Bertz CT molecular complexity index is 550. The molecular weight excluding hydrogens is 300 g/mol. The minimum absolute atomic E-state index is 0.0336. The predicted molar refractivity (Wildman–Crippen MR) is 79.0 cm³/mol. The molecule has 20 heavy (non-hydrogen) atoms. The molecule has 0 spiro atoms. The van der Waals surface area contributed by atoms with Crippen LogP contribution >= 0.6 is 11.6 Å². The SMILES string of the molecule is COc1ccc(Cl)cc1CS(=O)(=O)CC1CCOCC1. The Kier molecular flexibility index (Phi) is 5.29. The summed E-state index contributed by atoms with van der Waals surface area (Å²) in [6.45, 7) is 1.31. The van der Waals surface area contributed by atoms with Gasteiger partial charge in [-0.15, -0.1) is 0 Å². The van der Waals surface area contributed by atoms with Gasteiger partial charge in [-0.2, -0.15) is 0 Å². The van der Waals surface area contributed by atoms with Crippen molar-refractivity contribution in [3.8, 4) is 5.75 Å². The van der Waals surface area contributed by atoms with Crippen molar-refractivity contribution in [3.05, 3.63) is 28.8 Å². The maximum atomic E-state index is 12.3. The van der Waals surface area contributed by atoms with E-state index < -0.39 is 9.84 Å². The Balaban J connectivity index is 2.09. The fourth-order valence-electron chi connectivity index (χ4n) is 2.43. The van der Waals surface area contributed by atoms with E-state index in [4.69, 9.17) is 21.1 Å². The zero-order valence-electron chi connectivity index (χ0n) is 11.5. The fourth-order valence-corrected chi connectivity index (χ4v) is 4.49. The van der Waals surface area contributed by atoms with Crippen molar-refractivity contribution in [1.82, 2.24) is 0 Å². The average molecular weight is 319 g/mol. The molecule has 0 aliphatic carbocycles. The van der Waals surface area contributed by atoms with Crippen LogP contribution in [0.15, 0.2) is 18.2 Å². The van der Waals surface area contributed by atoms with E-state index in [2.05, 4.69) is 0 Å². The Labute approximate surface area is 125 Å². The highest BCUT2D eigenvalue weighted by atomic mass is 35.5. The van der Waals surface area contributed by atoms with Gasteiger partial charge in [-0.1, -0.05) is 11.6 Å². The van der Waals surface area contributed by atoms with Gasteiger partial charge < -0.3 is 9.47 Å². The summed E-state index contributed by atoms with van der Waals surface area (Å²) in [6.07, 6.45) is 1.62. The molecule has 1 aliphatic rings. The predicted octanol–water partition coefficient (Wildman–Crippen LogP) is 2.69. The number of benzene rings is 1. The van der Waals surface area contributed by atoms with E-state index in [9.17, 15) is 8.42 Å². The molecule has 112 valence electrons. The molecular formula is C14H19ClO4S. The van der Waals surface area contributed by atoms with Gasteiger partial charge in [0.25, 0.3) is 0 Å². The number of hydrogen-bond acceptors (Lipinski definition) is 4.